The predicted molar refractivity (Wildman–Crippen MR) is 79.1 cm³/mol. The molecule has 0 radical (unpaired) electrons. The van der Waals surface area contributed by atoms with Gasteiger partial charge >= 0.3 is 0 Å². The van der Waals surface area contributed by atoms with Crippen LogP contribution in [0.1, 0.15) is 10.4 Å². The minimum absolute atomic E-state index is 0.0280. The summed E-state index contributed by atoms with van der Waals surface area (Å²) in [6.07, 6.45) is 0.0280. The van der Waals surface area contributed by atoms with Gasteiger partial charge in [-0.2, -0.15) is 0 Å². The summed E-state index contributed by atoms with van der Waals surface area (Å²) < 4.78 is 15.9. The van der Waals surface area contributed by atoms with Crippen LogP contribution in [-0.2, 0) is 4.74 Å². The Morgan fingerprint density at radius 3 is 2.57 bits per heavy atom. The zero-order valence-electron chi connectivity index (χ0n) is 12.7. The van der Waals surface area contributed by atoms with Crippen LogP contribution < -0.4 is 14.8 Å². The smallest absolute Gasteiger partial charge is 0.251 e. The monoisotopic (exact) mass is 294 g/mol. The van der Waals surface area contributed by atoms with E-state index in [9.17, 15) is 4.79 Å². The molecule has 0 aliphatic carbocycles. The maximum Gasteiger partial charge on any atom is 0.251 e. The summed E-state index contributed by atoms with van der Waals surface area (Å²) in [4.78, 5) is 14.4. The Balaban J connectivity index is 1.96. The highest BCUT2D eigenvalue weighted by Crippen LogP contribution is 2.22. The zero-order valence-corrected chi connectivity index (χ0v) is 12.7. The van der Waals surface area contributed by atoms with Gasteiger partial charge in [-0.05, 0) is 19.2 Å². The number of nitrogens with one attached hydrogen (secondary N) is 1. The van der Waals surface area contributed by atoms with Crippen LogP contribution in [0.2, 0.25) is 0 Å². The molecule has 1 saturated heterocycles. The molecule has 21 heavy (non-hydrogen) atoms. The molecule has 1 N–H and O–H groups in total. The highest BCUT2D eigenvalue weighted by Gasteiger charge is 2.19. The Bertz CT molecular complexity index is 470. The Labute approximate surface area is 125 Å². The summed E-state index contributed by atoms with van der Waals surface area (Å²) in [5, 5.41) is 2.89. The number of benzene rings is 1. The number of morpholine rings is 1. The van der Waals surface area contributed by atoms with Crippen LogP contribution >= 0.6 is 0 Å². The van der Waals surface area contributed by atoms with Crippen molar-refractivity contribution in [2.45, 2.75) is 6.10 Å². The number of hydrogen-bond acceptors (Lipinski definition) is 5. The molecule has 1 aromatic carbocycles. The summed E-state index contributed by atoms with van der Waals surface area (Å²) in [6, 6.07) is 5.10. The van der Waals surface area contributed by atoms with Crippen molar-refractivity contribution in [3.05, 3.63) is 23.8 Å². The topological polar surface area (TPSA) is 60.0 Å². The zero-order chi connectivity index (χ0) is 15.2. The summed E-state index contributed by atoms with van der Waals surface area (Å²) in [6.45, 7) is 2.94. The largest absolute Gasteiger partial charge is 0.497 e. The number of likely N-dealkylation sites (N-methyl/N-ethyl adjacent to an activating group) is 1. The molecule has 1 amide bonds. The molecule has 1 aromatic rings. The molecule has 6 heteroatoms. The van der Waals surface area contributed by atoms with Gasteiger partial charge in [-0.15, -0.1) is 0 Å². The highest BCUT2D eigenvalue weighted by atomic mass is 16.5. The molecule has 1 heterocycles. The van der Waals surface area contributed by atoms with E-state index >= 15 is 0 Å². The molecule has 1 unspecified atom stereocenters. The molecule has 1 atom stereocenters. The molecule has 0 saturated carbocycles. The molecule has 6 nitrogen and oxygen atoms in total. The van der Waals surface area contributed by atoms with Crippen LogP contribution in [-0.4, -0.2) is 64.4 Å². The van der Waals surface area contributed by atoms with E-state index in [2.05, 4.69) is 10.2 Å². The summed E-state index contributed by atoms with van der Waals surface area (Å²) in [7, 11) is 5.16. The molecule has 1 aliphatic rings. The Morgan fingerprint density at radius 2 is 2.00 bits per heavy atom. The van der Waals surface area contributed by atoms with E-state index in [1.54, 1.807) is 32.4 Å². The van der Waals surface area contributed by atoms with Crippen molar-refractivity contribution < 1.29 is 19.0 Å². The lowest BCUT2D eigenvalue weighted by Crippen LogP contribution is -2.45. The molecule has 1 aliphatic heterocycles. The first kappa shape index (κ1) is 15.6. The average Bonchev–Trinajstić information content (AvgIpc) is 2.52. The molecule has 1 fully saturated rings. The highest BCUT2D eigenvalue weighted by molar-refractivity contribution is 5.95. The summed E-state index contributed by atoms with van der Waals surface area (Å²) >= 11 is 0. The number of ether oxygens (including phenoxy) is 3. The first-order valence-electron chi connectivity index (χ1n) is 6.94. The van der Waals surface area contributed by atoms with E-state index < -0.39 is 0 Å². The van der Waals surface area contributed by atoms with Crippen molar-refractivity contribution in [2.75, 3.05) is 47.5 Å². The Kier molecular flexibility index (Phi) is 5.41. The predicted octanol–water partition coefficient (Wildman–Crippen LogP) is 0.764. The minimum Gasteiger partial charge on any atom is -0.497 e. The number of rotatable bonds is 5. The Hall–Kier alpha value is -1.79. The number of carbonyl (C=O) groups is 1. The van der Waals surface area contributed by atoms with Crippen molar-refractivity contribution in [3.63, 3.8) is 0 Å². The van der Waals surface area contributed by atoms with Gasteiger partial charge in [0, 0.05) is 31.3 Å². The van der Waals surface area contributed by atoms with Gasteiger partial charge in [-0.1, -0.05) is 0 Å². The van der Waals surface area contributed by atoms with Gasteiger partial charge in [0.25, 0.3) is 5.91 Å². The molecule has 116 valence electrons. The summed E-state index contributed by atoms with van der Waals surface area (Å²) in [5.74, 6) is 1.02. The van der Waals surface area contributed by atoms with Crippen LogP contribution in [0, 0.1) is 0 Å². The van der Waals surface area contributed by atoms with Gasteiger partial charge in [0.1, 0.15) is 11.5 Å². The van der Waals surface area contributed by atoms with Gasteiger partial charge in [-0.25, -0.2) is 0 Å². The Morgan fingerprint density at radius 1 is 1.33 bits per heavy atom. The molecule has 0 spiro atoms. The second kappa shape index (κ2) is 7.28. The first-order chi connectivity index (χ1) is 10.1. The number of carbonyl (C=O) groups excluding carboxylic acids is 1. The van der Waals surface area contributed by atoms with Gasteiger partial charge in [0.2, 0.25) is 0 Å². The van der Waals surface area contributed by atoms with Crippen LogP contribution in [0.3, 0.4) is 0 Å². The van der Waals surface area contributed by atoms with Gasteiger partial charge in [0.15, 0.2) is 0 Å². The molecular weight excluding hydrogens is 272 g/mol. The van der Waals surface area contributed by atoms with E-state index in [1.165, 1.54) is 0 Å². The van der Waals surface area contributed by atoms with Crippen molar-refractivity contribution in [2.24, 2.45) is 0 Å². The van der Waals surface area contributed by atoms with Gasteiger partial charge < -0.3 is 24.4 Å². The fourth-order valence-electron chi connectivity index (χ4n) is 2.24. The second-order valence-corrected chi connectivity index (χ2v) is 5.07. The summed E-state index contributed by atoms with van der Waals surface area (Å²) in [5.41, 5.74) is 0.510. The van der Waals surface area contributed by atoms with E-state index in [0.717, 1.165) is 13.1 Å². The maximum absolute atomic E-state index is 12.2. The number of hydrogen-bond donors (Lipinski definition) is 1. The lowest BCUT2D eigenvalue weighted by Gasteiger charge is -2.30. The third-order valence-corrected chi connectivity index (χ3v) is 3.45. The number of amides is 1. The lowest BCUT2D eigenvalue weighted by atomic mass is 10.2. The van der Waals surface area contributed by atoms with Crippen LogP contribution in [0.15, 0.2) is 18.2 Å². The third-order valence-electron chi connectivity index (χ3n) is 3.45. The molecular formula is C15H22N2O4. The lowest BCUT2D eigenvalue weighted by molar-refractivity contribution is -0.0175. The first-order valence-corrected chi connectivity index (χ1v) is 6.94. The number of methoxy groups -OCH3 is 2. The van der Waals surface area contributed by atoms with E-state index in [-0.39, 0.29) is 12.0 Å². The van der Waals surface area contributed by atoms with Crippen LogP contribution in [0.25, 0.3) is 0 Å². The SMILES string of the molecule is COc1cc(OC)cc(C(=O)NCC2CN(C)CCO2)c1. The van der Waals surface area contributed by atoms with Crippen LogP contribution in [0.4, 0.5) is 0 Å². The third kappa shape index (κ3) is 4.34. The normalized spacial score (nSPS) is 19.1. The van der Waals surface area contributed by atoms with Crippen molar-refractivity contribution in [3.8, 4) is 11.5 Å². The fraction of sp³-hybridized carbons (Fsp3) is 0.533. The standard InChI is InChI=1S/C15H22N2O4/c1-17-4-5-21-14(10-17)9-16-15(18)11-6-12(19-2)8-13(7-11)20-3/h6-8,14H,4-5,9-10H2,1-3H3,(H,16,18). The maximum atomic E-state index is 12.2. The quantitative estimate of drug-likeness (QED) is 0.869. The minimum atomic E-state index is -0.163. The van der Waals surface area contributed by atoms with Crippen LogP contribution in [0.5, 0.6) is 11.5 Å². The average molecular weight is 294 g/mol. The van der Waals surface area contributed by atoms with Crippen molar-refractivity contribution >= 4 is 5.91 Å². The van der Waals surface area contributed by atoms with E-state index in [0.29, 0.717) is 30.2 Å². The second-order valence-electron chi connectivity index (χ2n) is 5.07. The molecule has 0 aromatic heterocycles. The van der Waals surface area contributed by atoms with Crippen molar-refractivity contribution in [1.82, 2.24) is 10.2 Å². The molecule has 2 rings (SSSR count). The fourth-order valence-corrected chi connectivity index (χ4v) is 2.24. The van der Waals surface area contributed by atoms with Gasteiger partial charge in [-0.3, -0.25) is 4.79 Å². The van der Waals surface area contributed by atoms with Crippen molar-refractivity contribution in [1.29, 1.82) is 0 Å². The number of nitrogens with zero attached hydrogens (tertiary/aromatic N) is 1. The van der Waals surface area contributed by atoms with Gasteiger partial charge in [0.05, 0.1) is 26.9 Å². The van der Waals surface area contributed by atoms with E-state index in [1.807, 2.05) is 7.05 Å². The van der Waals surface area contributed by atoms with E-state index in [4.69, 9.17) is 14.2 Å². The molecule has 0 bridgehead atoms.